The maximum atomic E-state index is 12.2. The number of anilines is 1. The largest absolute Gasteiger partial charge is 0.462 e. The van der Waals surface area contributed by atoms with Gasteiger partial charge in [-0.05, 0) is 71.2 Å². The molecule has 1 aromatic carbocycles. The molecule has 6 nitrogen and oxygen atoms in total. The number of carbonyl (C=O) groups excluding carboxylic acids is 2. The summed E-state index contributed by atoms with van der Waals surface area (Å²) in [6.07, 6.45) is 2.21. The first-order chi connectivity index (χ1) is 12.6. The third kappa shape index (κ3) is 6.45. The molecule has 0 aromatic heterocycles. The highest BCUT2D eigenvalue weighted by Gasteiger charge is 2.33. The zero-order valence-corrected chi connectivity index (χ0v) is 17.1. The molecule has 1 amide bonds. The lowest BCUT2D eigenvalue weighted by molar-refractivity contribution is 0.0184. The van der Waals surface area contributed by atoms with Crippen molar-refractivity contribution in [2.24, 2.45) is 0 Å². The van der Waals surface area contributed by atoms with E-state index in [1.807, 2.05) is 39.8 Å². The molecule has 1 heterocycles. The quantitative estimate of drug-likeness (QED) is 0.769. The maximum absolute atomic E-state index is 12.2. The van der Waals surface area contributed by atoms with Gasteiger partial charge in [-0.15, -0.1) is 0 Å². The lowest BCUT2D eigenvalue weighted by atomic mass is 9.89. The number of nitrogens with one attached hydrogen (secondary N) is 1. The molecule has 1 fully saturated rings. The lowest BCUT2D eigenvalue weighted by Crippen LogP contribution is -2.50. The number of carbonyl (C=O) groups is 2. The number of benzene rings is 1. The van der Waals surface area contributed by atoms with Gasteiger partial charge < -0.3 is 19.7 Å². The minimum Gasteiger partial charge on any atom is -0.462 e. The van der Waals surface area contributed by atoms with Crippen LogP contribution in [0.4, 0.5) is 10.5 Å². The van der Waals surface area contributed by atoms with Crippen molar-refractivity contribution < 1.29 is 19.1 Å². The maximum Gasteiger partial charge on any atom is 0.410 e. The summed E-state index contributed by atoms with van der Waals surface area (Å²) in [6.45, 7) is 11.5. The summed E-state index contributed by atoms with van der Waals surface area (Å²) in [5.74, 6) is -0.291. The molecular weight excluding hydrogens is 344 g/mol. The molecule has 150 valence electrons. The first-order valence-corrected chi connectivity index (χ1v) is 9.65. The van der Waals surface area contributed by atoms with Gasteiger partial charge in [-0.3, -0.25) is 0 Å². The molecule has 1 aromatic rings. The minimum absolute atomic E-state index is 0.108. The third-order valence-electron chi connectivity index (χ3n) is 4.52. The van der Waals surface area contributed by atoms with Gasteiger partial charge in [0.2, 0.25) is 0 Å². The van der Waals surface area contributed by atoms with E-state index in [-0.39, 0.29) is 17.6 Å². The third-order valence-corrected chi connectivity index (χ3v) is 4.52. The monoisotopic (exact) mass is 376 g/mol. The van der Waals surface area contributed by atoms with E-state index in [0.29, 0.717) is 25.3 Å². The van der Waals surface area contributed by atoms with Crippen LogP contribution in [0.1, 0.15) is 64.2 Å². The van der Waals surface area contributed by atoms with Crippen molar-refractivity contribution in [1.29, 1.82) is 0 Å². The van der Waals surface area contributed by atoms with Gasteiger partial charge in [-0.25, -0.2) is 9.59 Å². The van der Waals surface area contributed by atoms with Gasteiger partial charge in [0.1, 0.15) is 5.60 Å². The molecule has 0 spiro atoms. The second-order valence-corrected chi connectivity index (χ2v) is 8.37. The number of esters is 1. The molecule has 0 aliphatic carbocycles. The molecule has 0 bridgehead atoms. The van der Waals surface area contributed by atoms with Crippen LogP contribution in [0.25, 0.3) is 0 Å². The van der Waals surface area contributed by atoms with Gasteiger partial charge in [0.25, 0.3) is 0 Å². The first-order valence-electron chi connectivity index (χ1n) is 9.65. The van der Waals surface area contributed by atoms with E-state index in [1.54, 1.807) is 17.0 Å². The number of rotatable bonds is 5. The van der Waals surface area contributed by atoms with Crippen LogP contribution >= 0.6 is 0 Å². The van der Waals surface area contributed by atoms with Crippen molar-refractivity contribution >= 4 is 17.7 Å². The molecular formula is C21H32N2O4. The van der Waals surface area contributed by atoms with Crippen molar-refractivity contribution in [2.45, 2.75) is 65.0 Å². The van der Waals surface area contributed by atoms with E-state index in [2.05, 4.69) is 12.2 Å². The van der Waals surface area contributed by atoms with E-state index in [4.69, 9.17) is 9.47 Å². The van der Waals surface area contributed by atoms with E-state index in [9.17, 15) is 9.59 Å². The van der Waals surface area contributed by atoms with Crippen molar-refractivity contribution in [3.63, 3.8) is 0 Å². The number of hydrogen-bond donors (Lipinski definition) is 1. The van der Waals surface area contributed by atoms with Gasteiger partial charge in [0.05, 0.1) is 12.2 Å². The second-order valence-electron chi connectivity index (χ2n) is 8.37. The van der Waals surface area contributed by atoms with Crippen molar-refractivity contribution in [2.75, 3.05) is 25.0 Å². The molecule has 0 atom stereocenters. The SMILES string of the molecule is CCCOC(=O)c1ccc(NC2(C)CCN(C(=O)OC(C)(C)C)CC2)cc1. The fourth-order valence-corrected chi connectivity index (χ4v) is 2.95. The summed E-state index contributed by atoms with van der Waals surface area (Å²) in [5.41, 5.74) is 0.924. The van der Waals surface area contributed by atoms with E-state index >= 15 is 0 Å². The minimum atomic E-state index is -0.476. The van der Waals surface area contributed by atoms with Crippen LogP contribution < -0.4 is 5.32 Å². The zero-order chi connectivity index (χ0) is 20.1. The molecule has 2 rings (SSSR count). The van der Waals surface area contributed by atoms with Crippen LogP contribution in [0, 0.1) is 0 Å². The predicted octanol–water partition coefficient (Wildman–Crippen LogP) is 4.45. The van der Waals surface area contributed by atoms with Crippen LogP contribution in [0.3, 0.4) is 0 Å². The molecule has 1 saturated heterocycles. The number of amides is 1. The number of hydrogen-bond acceptors (Lipinski definition) is 5. The summed E-state index contributed by atoms with van der Waals surface area (Å²) in [6, 6.07) is 7.35. The highest BCUT2D eigenvalue weighted by atomic mass is 16.6. The van der Waals surface area contributed by atoms with Crippen LogP contribution in [-0.2, 0) is 9.47 Å². The molecule has 1 aliphatic rings. The Labute approximate surface area is 162 Å². The van der Waals surface area contributed by atoms with Crippen LogP contribution in [0.2, 0.25) is 0 Å². The van der Waals surface area contributed by atoms with E-state index in [1.165, 1.54) is 0 Å². The van der Waals surface area contributed by atoms with E-state index in [0.717, 1.165) is 24.9 Å². The number of piperidine rings is 1. The summed E-state index contributed by atoms with van der Waals surface area (Å²) >= 11 is 0. The van der Waals surface area contributed by atoms with Crippen LogP contribution in [-0.4, -0.2) is 47.8 Å². The molecule has 6 heteroatoms. The normalized spacial score (nSPS) is 16.6. The van der Waals surface area contributed by atoms with Gasteiger partial charge in [-0.2, -0.15) is 0 Å². The summed E-state index contributed by atoms with van der Waals surface area (Å²) in [5, 5.41) is 3.54. The Morgan fingerprint density at radius 2 is 1.74 bits per heavy atom. The molecule has 0 radical (unpaired) electrons. The number of likely N-dealkylation sites (tertiary alicyclic amines) is 1. The highest BCUT2D eigenvalue weighted by molar-refractivity contribution is 5.89. The molecule has 0 saturated carbocycles. The Balaban J connectivity index is 1.89. The van der Waals surface area contributed by atoms with Crippen molar-refractivity contribution in [3.05, 3.63) is 29.8 Å². The molecule has 1 aliphatic heterocycles. The Hall–Kier alpha value is -2.24. The predicted molar refractivity (Wildman–Crippen MR) is 106 cm³/mol. The molecule has 0 unspecified atom stereocenters. The number of ether oxygens (including phenoxy) is 2. The smallest absolute Gasteiger partial charge is 0.410 e. The van der Waals surface area contributed by atoms with E-state index < -0.39 is 5.60 Å². The molecule has 1 N–H and O–H groups in total. The Morgan fingerprint density at radius 1 is 1.15 bits per heavy atom. The zero-order valence-electron chi connectivity index (χ0n) is 17.1. The standard InChI is InChI=1S/C21H32N2O4/c1-6-15-26-18(24)16-7-9-17(10-8-16)22-21(5)11-13-23(14-12-21)19(25)27-20(2,3)4/h7-10,22H,6,11-15H2,1-5H3. The fourth-order valence-electron chi connectivity index (χ4n) is 2.95. The lowest BCUT2D eigenvalue weighted by Gasteiger charge is -2.40. The summed E-state index contributed by atoms with van der Waals surface area (Å²) in [4.78, 5) is 25.8. The average molecular weight is 376 g/mol. The highest BCUT2D eigenvalue weighted by Crippen LogP contribution is 2.27. The Kier molecular flexibility index (Phi) is 6.73. The van der Waals surface area contributed by atoms with Gasteiger partial charge in [-0.1, -0.05) is 6.92 Å². The second kappa shape index (κ2) is 8.63. The molecule has 27 heavy (non-hydrogen) atoms. The van der Waals surface area contributed by atoms with Gasteiger partial charge in [0, 0.05) is 24.3 Å². The summed E-state index contributed by atoms with van der Waals surface area (Å²) in [7, 11) is 0. The Morgan fingerprint density at radius 3 is 2.26 bits per heavy atom. The first kappa shape index (κ1) is 21.1. The van der Waals surface area contributed by atoms with Crippen molar-refractivity contribution in [3.8, 4) is 0 Å². The van der Waals surface area contributed by atoms with Crippen LogP contribution in [0.5, 0.6) is 0 Å². The van der Waals surface area contributed by atoms with Gasteiger partial charge >= 0.3 is 12.1 Å². The van der Waals surface area contributed by atoms with Gasteiger partial charge in [0.15, 0.2) is 0 Å². The summed E-state index contributed by atoms with van der Waals surface area (Å²) < 4.78 is 10.6. The average Bonchev–Trinajstić information content (AvgIpc) is 2.59. The Bertz CT molecular complexity index is 641. The van der Waals surface area contributed by atoms with Crippen LogP contribution in [0.15, 0.2) is 24.3 Å². The topological polar surface area (TPSA) is 67.9 Å². The fraction of sp³-hybridized carbons (Fsp3) is 0.619. The van der Waals surface area contributed by atoms with Crippen molar-refractivity contribution in [1.82, 2.24) is 4.90 Å². The number of nitrogens with zero attached hydrogens (tertiary/aromatic N) is 1.